The molecule has 3 heteroatoms. The van der Waals surface area contributed by atoms with Gasteiger partial charge in [-0.2, -0.15) is 0 Å². The molecule has 0 saturated carbocycles. The van der Waals surface area contributed by atoms with Crippen LogP contribution in [0.3, 0.4) is 0 Å². The molecule has 1 atom stereocenters. The van der Waals surface area contributed by atoms with Gasteiger partial charge in [-0.05, 0) is 29.5 Å². The summed E-state index contributed by atoms with van der Waals surface area (Å²) in [6, 6.07) is 0. The zero-order valence-electron chi connectivity index (χ0n) is 3.27. The number of hydrogen-bond acceptors (Lipinski definition) is 2. The number of halogens is 1. The lowest BCUT2D eigenvalue weighted by Crippen LogP contribution is -1.93. The van der Waals surface area contributed by atoms with Crippen molar-refractivity contribution in [2.45, 2.75) is 11.0 Å². The van der Waals surface area contributed by atoms with E-state index < -0.39 is 0 Å². The Morgan fingerprint density at radius 2 is 2.50 bits per heavy atom. The monoisotopic (exact) mass is 199 g/mol. The van der Waals surface area contributed by atoms with Gasteiger partial charge in [-0.3, -0.25) is 0 Å². The van der Waals surface area contributed by atoms with Crippen molar-refractivity contribution < 1.29 is 9.53 Å². The molecule has 0 spiro atoms. The fraction of sp³-hybridized carbons (Fsp3) is 0.667. The summed E-state index contributed by atoms with van der Waals surface area (Å²) < 4.78 is 4.17. The first kappa shape index (κ1) is 6.20. The first-order chi connectivity index (χ1) is 2.77. The van der Waals surface area contributed by atoms with E-state index in [9.17, 15) is 4.79 Å². The van der Waals surface area contributed by atoms with Crippen LogP contribution in [0.15, 0.2) is 0 Å². The highest BCUT2D eigenvalue weighted by atomic mass is 127. The molecule has 0 rings (SSSR count). The van der Waals surface area contributed by atoms with Crippen molar-refractivity contribution in [2.24, 2.45) is 0 Å². The molecule has 0 aliphatic heterocycles. The summed E-state index contributed by atoms with van der Waals surface area (Å²) in [6.45, 7) is 3.07. The second-order valence-corrected chi connectivity index (χ2v) is 2.50. The highest BCUT2D eigenvalue weighted by Gasteiger charge is 1.87. The second-order valence-electron chi connectivity index (χ2n) is 0.744. The van der Waals surface area contributed by atoms with Gasteiger partial charge < -0.3 is 4.74 Å². The van der Waals surface area contributed by atoms with Gasteiger partial charge in [-0.15, -0.1) is 0 Å². The first-order valence-corrected chi connectivity index (χ1v) is 2.69. The van der Waals surface area contributed by atoms with Gasteiger partial charge in [0.15, 0.2) is 0 Å². The fourth-order valence-corrected chi connectivity index (χ4v) is 0.170. The van der Waals surface area contributed by atoms with Gasteiger partial charge in [-0.1, -0.05) is 0 Å². The quantitative estimate of drug-likeness (QED) is 0.486. The van der Waals surface area contributed by atoms with Crippen LogP contribution in [0.4, 0.5) is 0 Å². The maximum absolute atomic E-state index is 9.26. The maximum atomic E-state index is 9.26. The third-order valence-electron chi connectivity index (χ3n) is 0.211. The normalized spacial score (nSPS) is 13.0. The third-order valence-corrected chi connectivity index (χ3v) is 0.465. The summed E-state index contributed by atoms with van der Waals surface area (Å²) in [4.78, 5) is 9.26. The van der Waals surface area contributed by atoms with Gasteiger partial charge in [0.2, 0.25) is 0 Å². The average Bonchev–Trinajstić information content (AvgIpc) is 1.35. The van der Waals surface area contributed by atoms with Gasteiger partial charge in [0.05, 0.1) is 0 Å². The lowest BCUT2D eigenvalue weighted by atomic mass is 10.9. The van der Waals surface area contributed by atoms with Crippen molar-refractivity contribution >= 4 is 29.1 Å². The summed E-state index contributed by atoms with van der Waals surface area (Å²) in [6.07, 6.45) is 0. The maximum Gasteiger partial charge on any atom is 0.418 e. The van der Waals surface area contributed by atoms with Crippen LogP contribution in [0.2, 0.25) is 0 Å². The molecule has 35 valence electrons. The summed E-state index contributed by atoms with van der Waals surface area (Å²) in [5, 5.41) is 0. The largest absolute Gasteiger partial charge is 0.444 e. The standard InChI is InChI=1S/C3H4IO2/c1-3(4)6-2-5/h3H,1H3/t3-/m1/s1. The number of hydrogen-bond donors (Lipinski definition) is 0. The predicted octanol–water partition coefficient (Wildman–Crippen LogP) is 0.851. The molecule has 0 aromatic heterocycles. The van der Waals surface area contributed by atoms with Crippen LogP contribution in [0.1, 0.15) is 6.92 Å². The van der Waals surface area contributed by atoms with E-state index in [0.717, 1.165) is 0 Å². The number of alkyl halides is 1. The van der Waals surface area contributed by atoms with Crippen LogP contribution < -0.4 is 0 Å². The highest BCUT2D eigenvalue weighted by molar-refractivity contribution is 14.1. The Morgan fingerprint density at radius 1 is 2.00 bits per heavy atom. The van der Waals surface area contributed by atoms with E-state index in [1.807, 2.05) is 22.6 Å². The Hall–Kier alpha value is 0.200. The van der Waals surface area contributed by atoms with E-state index in [4.69, 9.17) is 0 Å². The van der Waals surface area contributed by atoms with E-state index in [1.165, 1.54) is 6.47 Å². The van der Waals surface area contributed by atoms with E-state index in [0.29, 0.717) is 0 Å². The number of rotatable bonds is 2. The molecule has 6 heavy (non-hydrogen) atoms. The first-order valence-electron chi connectivity index (χ1n) is 1.44. The van der Waals surface area contributed by atoms with Crippen molar-refractivity contribution in [3.63, 3.8) is 0 Å². The molecule has 0 amide bonds. The van der Waals surface area contributed by atoms with Crippen LogP contribution >= 0.6 is 22.6 Å². The molecule has 1 radical (unpaired) electrons. The molecule has 0 aliphatic carbocycles. The van der Waals surface area contributed by atoms with Crippen LogP contribution in [-0.4, -0.2) is 10.6 Å². The lowest BCUT2D eigenvalue weighted by molar-refractivity contribution is 0.281. The van der Waals surface area contributed by atoms with Crippen molar-refractivity contribution in [1.82, 2.24) is 0 Å². The van der Waals surface area contributed by atoms with Crippen LogP contribution in [-0.2, 0) is 9.53 Å². The zero-order chi connectivity index (χ0) is 4.99. The summed E-state index contributed by atoms with van der Waals surface area (Å²) in [5.74, 6) is 0. The molecule has 0 bridgehead atoms. The summed E-state index contributed by atoms with van der Waals surface area (Å²) in [5.41, 5.74) is 0. The topological polar surface area (TPSA) is 26.3 Å². The molecular formula is C3H4IO2. The van der Waals surface area contributed by atoms with Gasteiger partial charge in [0.1, 0.15) is 4.11 Å². The van der Waals surface area contributed by atoms with Crippen molar-refractivity contribution in [3.8, 4) is 0 Å². The Balaban J connectivity index is 2.81. The van der Waals surface area contributed by atoms with Crippen molar-refractivity contribution in [3.05, 3.63) is 0 Å². The van der Waals surface area contributed by atoms with Gasteiger partial charge >= 0.3 is 6.47 Å². The fourth-order valence-electron chi connectivity index (χ4n) is 0.0663. The Kier molecular flexibility index (Phi) is 3.51. The summed E-state index contributed by atoms with van der Waals surface area (Å²) >= 11 is 1.96. The minimum Gasteiger partial charge on any atom is -0.444 e. The minimum atomic E-state index is -0.0555. The van der Waals surface area contributed by atoms with Gasteiger partial charge in [0.25, 0.3) is 0 Å². The Labute approximate surface area is 50.0 Å². The average molecular weight is 199 g/mol. The molecule has 0 unspecified atom stereocenters. The Bertz CT molecular complexity index is 44.1. The Morgan fingerprint density at radius 3 is 2.50 bits per heavy atom. The molecule has 0 N–H and O–H groups in total. The van der Waals surface area contributed by atoms with Gasteiger partial charge in [-0.25, -0.2) is 4.79 Å². The number of ether oxygens (including phenoxy) is 1. The molecule has 0 heterocycles. The highest BCUT2D eigenvalue weighted by Crippen LogP contribution is 1.95. The molecule has 0 aromatic rings. The molecule has 0 saturated heterocycles. The molecule has 2 nitrogen and oxygen atoms in total. The van der Waals surface area contributed by atoms with Crippen molar-refractivity contribution in [1.29, 1.82) is 0 Å². The van der Waals surface area contributed by atoms with E-state index in [-0.39, 0.29) is 4.11 Å². The predicted molar refractivity (Wildman–Crippen MR) is 30.3 cm³/mol. The molecular weight excluding hydrogens is 195 g/mol. The van der Waals surface area contributed by atoms with E-state index >= 15 is 0 Å². The van der Waals surface area contributed by atoms with E-state index in [1.54, 1.807) is 6.92 Å². The minimum absolute atomic E-state index is 0.0555. The second kappa shape index (κ2) is 3.39. The number of carbonyl (C=O) groups excluding carboxylic acids is 1. The van der Waals surface area contributed by atoms with Crippen LogP contribution in [0, 0.1) is 0 Å². The smallest absolute Gasteiger partial charge is 0.418 e. The van der Waals surface area contributed by atoms with Gasteiger partial charge in [0, 0.05) is 0 Å². The SMILES string of the molecule is C[C@H](I)O[C]=O. The van der Waals surface area contributed by atoms with Crippen LogP contribution in [0.25, 0.3) is 0 Å². The molecule has 0 aliphatic rings. The third kappa shape index (κ3) is 4.20. The molecule has 0 fully saturated rings. The molecule has 0 aromatic carbocycles. The van der Waals surface area contributed by atoms with Crippen molar-refractivity contribution in [2.75, 3.05) is 0 Å². The lowest BCUT2D eigenvalue weighted by Gasteiger charge is -1.92. The zero-order valence-corrected chi connectivity index (χ0v) is 5.43. The summed E-state index contributed by atoms with van der Waals surface area (Å²) in [7, 11) is 0. The van der Waals surface area contributed by atoms with Crippen LogP contribution in [0.5, 0.6) is 0 Å². The van der Waals surface area contributed by atoms with E-state index in [2.05, 4.69) is 4.74 Å².